The van der Waals surface area contributed by atoms with E-state index in [2.05, 4.69) is 28.5 Å². The van der Waals surface area contributed by atoms with Crippen LogP contribution in [0.15, 0.2) is 42.7 Å². The predicted molar refractivity (Wildman–Crippen MR) is 78.4 cm³/mol. The third-order valence-electron chi connectivity index (χ3n) is 3.37. The monoisotopic (exact) mass is 276 g/mol. The molecule has 0 unspecified atom stereocenters. The van der Waals surface area contributed by atoms with Crippen molar-refractivity contribution in [2.24, 2.45) is 0 Å². The highest BCUT2D eigenvalue weighted by molar-refractivity contribution is 5.85. The van der Waals surface area contributed by atoms with E-state index in [1.165, 1.54) is 22.3 Å². The topological polar surface area (TPSA) is 34.1 Å². The van der Waals surface area contributed by atoms with Crippen LogP contribution in [0.4, 0.5) is 0 Å². The number of benzene rings is 1. The Balaban J connectivity index is 0.00000133. The molecule has 2 aromatic rings. The molecule has 0 bridgehead atoms. The third kappa shape index (κ3) is 2.63. The molecule has 1 N–H and O–H groups in total. The number of aromatic nitrogens is 1. The van der Waals surface area contributed by atoms with E-state index in [-0.39, 0.29) is 18.5 Å². The molecule has 0 saturated heterocycles. The fourth-order valence-electron chi connectivity index (χ4n) is 2.50. The second-order valence-corrected chi connectivity index (χ2v) is 4.47. The van der Waals surface area contributed by atoms with Crippen molar-refractivity contribution in [1.82, 2.24) is 10.3 Å². The molecular weight excluding hydrogens is 260 g/mol. The summed E-state index contributed by atoms with van der Waals surface area (Å²) in [5.74, 6) is 0. The number of pyridine rings is 1. The summed E-state index contributed by atoms with van der Waals surface area (Å²) in [6, 6.07) is 10.5. The SMILES string of the molecule is CNC[C@H]1OCc2c(-c3ccncc3)cccc21.Cl. The van der Waals surface area contributed by atoms with Crippen molar-refractivity contribution in [2.45, 2.75) is 12.7 Å². The highest BCUT2D eigenvalue weighted by Crippen LogP contribution is 2.36. The summed E-state index contributed by atoms with van der Waals surface area (Å²) in [4.78, 5) is 4.07. The maximum atomic E-state index is 5.85. The van der Waals surface area contributed by atoms with E-state index in [1.54, 1.807) is 0 Å². The van der Waals surface area contributed by atoms with Crippen LogP contribution in [0.5, 0.6) is 0 Å². The van der Waals surface area contributed by atoms with Gasteiger partial charge in [0.05, 0.1) is 12.7 Å². The summed E-state index contributed by atoms with van der Waals surface area (Å²) < 4.78 is 5.85. The van der Waals surface area contributed by atoms with Crippen LogP contribution in [-0.2, 0) is 11.3 Å². The lowest BCUT2D eigenvalue weighted by atomic mass is 9.95. The number of nitrogens with zero attached hydrogens (tertiary/aromatic N) is 1. The quantitative estimate of drug-likeness (QED) is 0.936. The van der Waals surface area contributed by atoms with Gasteiger partial charge in [-0.05, 0) is 41.4 Å². The molecule has 1 aromatic carbocycles. The first-order valence-corrected chi connectivity index (χ1v) is 6.18. The van der Waals surface area contributed by atoms with E-state index in [4.69, 9.17) is 4.74 Å². The molecule has 3 nitrogen and oxygen atoms in total. The molecular formula is C15H17ClN2O. The number of hydrogen-bond acceptors (Lipinski definition) is 3. The molecule has 0 radical (unpaired) electrons. The molecule has 0 fully saturated rings. The second-order valence-electron chi connectivity index (χ2n) is 4.47. The number of fused-ring (bicyclic) bond motifs is 1. The highest BCUT2D eigenvalue weighted by atomic mass is 35.5. The van der Waals surface area contributed by atoms with Crippen LogP contribution >= 0.6 is 12.4 Å². The Morgan fingerprint density at radius 1 is 1.26 bits per heavy atom. The average Bonchev–Trinajstić information content (AvgIpc) is 2.84. The molecule has 3 rings (SSSR count). The molecule has 1 aromatic heterocycles. The van der Waals surface area contributed by atoms with Crippen molar-refractivity contribution in [3.63, 3.8) is 0 Å². The minimum atomic E-state index is 0. The number of likely N-dealkylation sites (N-methyl/N-ethyl adjacent to an activating group) is 1. The van der Waals surface area contributed by atoms with Crippen LogP contribution in [0.3, 0.4) is 0 Å². The number of nitrogens with one attached hydrogen (secondary N) is 1. The third-order valence-corrected chi connectivity index (χ3v) is 3.37. The highest BCUT2D eigenvalue weighted by Gasteiger charge is 2.24. The summed E-state index contributed by atoms with van der Waals surface area (Å²) in [7, 11) is 1.95. The van der Waals surface area contributed by atoms with Gasteiger partial charge in [0.15, 0.2) is 0 Å². The number of halogens is 1. The maximum Gasteiger partial charge on any atom is 0.0957 e. The van der Waals surface area contributed by atoms with Crippen LogP contribution in [0, 0.1) is 0 Å². The van der Waals surface area contributed by atoms with Gasteiger partial charge in [0, 0.05) is 18.9 Å². The van der Waals surface area contributed by atoms with E-state index < -0.39 is 0 Å². The first-order valence-electron chi connectivity index (χ1n) is 6.18. The number of ether oxygens (including phenoxy) is 1. The lowest BCUT2D eigenvalue weighted by Crippen LogP contribution is -2.16. The van der Waals surface area contributed by atoms with Crippen molar-refractivity contribution >= 4 is 12.4 Å². The van der Waals surface area contributed by atoms with E-state index >= 15 is 0 Å². The largest absolute Gasteiger partial charge is 0.367 e. The fourth-order valence-corrected chi connectivity index (χ4v) is 2.50. The molecule has 2 heterocycles. The standard InChI is InChI=1S/C15H16N2O.ClH/c1-16-9-15-13-4-2-3-12(14(13)10-18-15)11-5-7-17-8-6-11;/h2-8,15-16H,9-10H2,1H3;1H/t15-;/m1./s1. The summed E-state index contributed by atoms with van der Waals surface area (Å²) in [6.07, 6.45) is 3.83. The molecule has 4 heteroatoms. The fraction of sp³-hybridized carbons (Fsp3) is 0.267. The van der Waals surface area contributed by atoms with Crippen LogP contribution in [0.2, 0.25) is 0 Å². The lowest BCUT2D eigenvalue weighted by molar-refractivity contribution is 0.0675. The van der Waals surface area contributed by atoms with Gasteiger partial charge in [-0.15, -0.1) is 12.4 Å². The molecule has 1 aliphatic heterocycles. The van der Waals surface area contributed by atoms with Gasteiger partial charge < -0.3 is 10.1 Å². The lowest BCUT2D eigenvalue weighted by Gasteiger charge is -2.11. The van der Waals surface area contributed by atoms with Gasteiger partial charge in [-0.2, -0.15) is 0 Å². The molecule has 0 saturated carbocycles. The van der Waals surface area contributed by atoms with E-state index in [1.807, 2.05) is 31.6 Å². The Bertz CT molecular complexity index is 545. The summed E-state index contributed by atoms with van der Waals surface area (Å²) in [5, 5.41) is 3.17. The van der Waals surface area contributed by atoms with Gasteiger partial charge in [0.1, 0.15) is 0 Å². The summed E-state index contributed by atoms with van der Waals surface area (Å²) >= 11 is 0. The van der Waals surface area contributed by atoms with Crippen LogP contribution in [0.1, 0.15) is 17.2 Å². The van der Waals surface area contributed by atoms with Gasteiger partial charge in [-0.3, -0.25) is 4.98 Å². The zero-order valence-electron chi connectivity index (χ0n) is 10.8. The Morgan fingerprint density at radius 3 is 2.79 bits per heavy atom. The zero-order chi connectivity index (χ0) is 12.4. The van der Waals surface area contributed by atoms with Gasteiger partial charge in [0.25, 0.3) is 0 Å². The van der Waals surface area contributed by atoms with Crippen LogP contribution < -0.4 is 5.32 Å². The Labute approximate surface area is 119 Å². The van der Waals surface area contributed by atoms with Crippen LogP contribution in [-0.4, -0.2) is 18.6 Å². The van der Waals surface area contributed by atoms with E-state index in [0.29, 0.717) is 6.61 Å². The van der Waals surface area contributed by atoms with Crippen molar-refractivity contribution < 1.29 is 4.74 Å². The number of rotatable bonds is 3. The molecule has 1 atom stereocenters. The molecule has 0 aliphatic carbocycles. The minimum Gasteiger partial charge on any atom is -0.367 e. The van der Waals surface area contributed by atoms with Crippen LogP contribution in [0.25, 0.3) is 11.1 Å². The van der Waals surface area contributed by atoms with Gasteiger partial charge in [-0.25, -0.2) is 0 Å². The average molecular weight is 277 g/mol. The Kier molecular flexibility index (Phi) is 4.53. The van der Waals surface area contributed by atoms with E-state index in [0.717, 1.165) is 6.54 Å². The smallest absolute Gasteiger partial charge is 0.0957 e. The first kappa shape index (κ1) is 14.0. The van der Waals surface area contributed by atoms with Crippen molar-refractivity contribution in [2.75, 3.05) is 13.6 Å². The summed E-state index contributed by atoms with van der Waals surface area (Å²) in [6.45, 7) is 1.55. The Morgan fingerprint density at radius 2 is 2.05 bits per heavy atom. The normalized spacial score (nSPS) is 16.8. The maximum absolute atomic E-state index is 5.85. The Hall–Kier alpha value is -1.42. The van der Waals surface area contributed by atoms with Gasteiger partial charge in [-0.1, -0.05) is 18.2 Å². The molecule has 19 heavy (non-hydrogen) atoms. The van der Waals surface area contributed by atoms with E-state index in [9.17, 15) is 0 Å². The number of hydrogen-bond donors (Lipinski definition) is 1. The molecule has 1 aliphatic rings. The zero-order valence-corrected chi connectivity index (χ0v) is 11.6. The van der Waals surface area contributed by atoms with Gasteiger partial charge >= 0.3 is 0 Å². The minimum absolute atomic E-state index is 0. The first-order chi connectivity index (χ1) is 8.90. The predicted octanol–water partition coefficient (Wildman–Crippen LogP) is 2.96. The van der Waals surface area contributed by atoms with Crippen molar-refractivity contribution in [1.29, 1.82) is 0 Å². The van der Waals surface area contributed by atoms with Gasteiger partial charge in [0.2, 0.25) is 0 Å². The van der Waals surface area contributed by atoms with Crippen molar-refractivity contribution in [3.8, 4) is 11.1 Å². The molecule has 100 valence electrons. The second kappa shape index (κ2) is 6.15. The molecule has 0 amide bonds. The van der Waals surface area contributed by atoms with Crippen molar-refractivity contribution in [3.05, 3.63) is 53.9 Å². The summed E-state index contributed by atoms with van der Waals surface area (Å²) in [5.41, 5.74) is 5.08. The molecule has 0 spiro atoms.